The van der Waals surface area contributed by atoms with E-state index in [0.717, 1.165) is 41.7 Å². The van der Waals surface area contributed by atoms with Crippen molar-refractivity contribution >= 4 is 40.3 Å². The third kappa shape index (κ3) is 8.76. The molecule has 0 bridgehead atoms. The van der Waals surface area contributed by atoms with Gasteiger partial charge in [-0.25, -0.2) is 14.4 Å². The van der Waals surface area contributed by atoms with Gasteiger partial charge in [0.1, 0.15) is 22.7 Å². The van der Waals surface area contributed by atoms with Crippen molar-refractivity contribution in [2.24, 2.45) is 11.5 Å². The van der Waals surface area contributed by atoms with Gasteiger partial charge in [0.25, 0.3) is 5.91 Å². The lowest BCUT2D eigenvalue weighted by molar-refractivity contribution is -0.151. The van der Waals surface area contributed by atoms with Crippen LogP contribution >= 0.6 is 11.3 Å². The minimum absolute atomic E-state index is 0.0935. The van der Waals surface area contributed by atoms with Crippen LogP contribution < -0.4 is 22.1 Å². The highest BCUT2D eigenvalue weighted by Crippen LogP contribution is 2.35. The molecular formula is C27H36N4O6S. The van der Waals surface area contributed by atoms with Gasteiger partial charge in [-0.1, -0.05) is 24.3 Å². The minimum atomic E-state index is -0.792. The summed E-state index contributed by atoms with van der Waals surface area (Å²) in [6.45, 7) is 5.30. The van der Waals surface area contributed by atoms with E-state index in [9.17, 15) is 19.2 Å². The summed E-state index contributed by atoms with van der Waals surface area (Å²) in [6, 6.07) is 7.77. The summed E-state index contributed by atoms with van der Waals surface area (Å²) in [6.07, 6.45) is 4.75. The molecule has 0 spiro atoms. The molecule has 206 valence electrons. The second-order valence-electron chi connectivity index (χ2n) is 10.3. The van der Waals surface area contributed by atoms with Gasteiger partial charge in [0, 0.05) is 4.88 Å². The maximum atomic E-state index is 12.8. The fourth-order valence-electron chi connectivity index (χ4n) is 4.22. The van der Waals surface area contributed by atoms with Crippen molar-refractivity contribution in [3.05, 3.63) is 41.5 Å². The Kier molecular flexibility index (Phi) is 9.73. The summed E-state index contributed by atoms with van der Waals surface area (Å²) in [5, 5.41) is 5.42. The van der Waals surface area contributed by atoms with E-state index in [-0.39, 0.29) is 11.7 Å². The molecule has 11 heteroatoms. The number of aryl methyl sites for hydroxylation is 1. The number of carbonyl (C=O) groups is 4. The van der Waals surface area contributed by atoms with Crippen molar-refractivity contribution in [1.82, 2.24) is 5.32 Å². The zero-order chi connectivity index (χ0) is 27.9. The first-order chi connectivity index (χ1) is 17.9. The van der Waals surface area contributed by atoms with E-state index in [1.807, 2.05) is 24.3 Å². The van der Waals surface area contributed by atoms with Crippen LogP contribution in [0, 0.1) is 0 Å². The summed E-state index contributed by atoms with van der Waals surface area (Å²) in [7, 11) is 0. The third-order valence-electron chi connectivity index (χ3n) is 5.99. The molecule has 1 aromatic heterocycles. The fraction of sp³-hybridized carbons (Fsp3) is 0.481. The van der Waals surface area contributed by atoms with Crippen molar-refractivity contribution in [3.8, 4) is 10.4 Å². The number of primary amides is 2. The number of alkyl carbamates (subject to hydrolysis) is 1. The average Bonchev–Trinajstić information content (AvgIpc) is 3.47. The number of rotatable bonds is 10. The monoisotopic (exact) mass is 544 g/mol. The van der Waals surface area contributed by atoms with Crippen molar-refractivity contribution in [2.45, 2.75) is 83.5 Å². The normalized spacial score (nSPS) is 14.5. The van der Waals surface area contributed by atoms with Gasteiger partial charge in [0.2, 0.25) is 0 Å². The highest BCUT2D eigenvalue weighted by atomic mass is 32.1. The zero-order valence-electron chi connectivity index (χ0n) is 22.0. The lowest BCUT2D eigenvalue weighted by Gasteiger charge is -2.24. The molecule has 1 saturated carbocycles. The standard InChI is InChI=1S/C27H36N4O6S/c1-27(2,3)37-26(35)30-20(24(33)36-18-8-4-5-9-18)10-6-7-16-11-13-17(14-12-16)21-15-19(22(28)32)23(38-21)31-25(29)34/h11-15,18,20H,4-10H2,1-3H3,(H2,28,32)(H,30,35)(H3,29,31,34)/t20-/m1/s1. The Balaban J connectivity index is 1.62. The second kappa shape index (κ2) is 12.8. The number of thiophene rings is 1. The third-order valence-corrected chi connectivity index (χ3v) is 7.09. The summed E-state index contributed by atoms with van der Waals surface area (Å²) in [5.74, 6) is -1.09. The number of ether oxygens (including phenoxy) is 2. The van der Waals surface area contributed by atoms with Gasteiger partial charge in [-0.15, -0.1) is 11.3 Å². The van der Waals surface area contributed by atoms with E-state index in [4.69, 9.17) is 20.9 Å². The number of carbonyl (C=O) groups excluding carboxylic acids is 4. The van der Waals surface area contributed by atoms with E-state index >= 15 is 0 Å². The molecule has 10 nitrogen and oxygen atoms in total. The van der Waals surface area contributed by atoms with Crippen LogP contribution in [0.1, 0.15) is 75.2 Å². The van der Waals surface area contributed by atoms with Crippen molar-refractivity contribution in [3.63, 3.8) is 0 Å². The van der Waals surface area contributed by atoms with Crippen LogP contribution in [-0.2, 0) is 20.7 Å². The number of hydrogen-bond donors (Lipinski definition) is 4. The van der Waals surface area contributed by atoms with E-state index in [1.165, 1.54) is 11.3 Å². The zero-order valence-corrected chi connectivity index (χ0v) is 22.8. The summed E-state index contributed by atoms with van der Waals surface area (Å²) in [4.78, 5) is 48.9. The average molecular weight is 545 g/mol. The molecule has 1 aromatic carbocycles. The van der Waals surface area contributed by atoms with Crippen molar-refractivity contribution < 1.29 is 28.7 Å². The lowest BCUT2D eigenvalue weighted by atomic mass is 10.0. The summed E-state index contributed by atoms with van der Waals surface area (Å²) < 4.78 is 11.0. The molecule has 4 amide bonds. The predicted molar refractivity (Wildman–Crippen MR) is 146 cm³/mol. The second-order valence-corrected chi connectivity index (χ2v) is 11.4. The first-order valence-corrected chi connectivity index (χ1v) is 13.5. The van der Waals surface area contributed by atoms with Crippen LogP contribution in [0.25, 0.3) is 10.4 Å². The number of anilines is 1. The molecule has 2 aromatic rings. The molecule has 1 aliphatic carbocycles. The van der Waals surface area contributed by atoms with Gasteiger partial charge in [0.15, 0.2) is 0 Å². The number of hydrogen-bond acceptors (Lipinski definition) is 7. The van der Waals surface area contributed by atoms with Crippen molar-refractivity contribution in [2.75, 3.05) is 5.32 Å². The molecular weight excluding hydrogens is 508 g/mol. The quantitative estimate of drug-likeness (QED) is 0.317. The van der Waals surface area contributed by atoms with Crippen LogP contribution in [-0.4, -0.2) is 41.7 Å². The van der Waals surface area contributed by atoms with Gasteiger partial charge in [0.05, 0.1) is 5.56 Å². The largest absolute Gasteiger partial charge is 0.461 e. The highest BCUT2D eigenvalue weighted by molar-refractivity contribution is 7.20. The Morgan fingerprint density at radius 1 is 1.08 bits per heavy atom. The van der Waals surface area contributed by atoms with Crippen LogP contribution in [0.15, 0.2) is 30.3 Å². The van der Waals surface area contributed by atoms with E-state index in [0.29, 0.717) is 24.3 Å². The molecule has 6 N–H and O–H groups in total. The van der Waals surface area contributed by atoms with E-state index < -0.39 is 35.6 Å². The fourth-order valence-corrected chi connectivity index (χ4v) is 5.29. The van der Waals surface area contributed by atoms with Crippen molar-refractivity contribution in [1.29, 1.82) is 0 Å². The topological polar surface area (TPSA) is 163 Å². The molecule has 1 atom stereocenters. The molecule has 38 heavy (non-hydrogen) atoms. The Labute approximate surface area is 226 Å². The SMILES string of the molecule is CC(C)(C)OC(=O)N[C@H](CCCc1ccc(-c2cc(C(N)=O)c(NC(N)=O)s2)cc1)C(=O)OC1CCCC1. The van der Waals surface area contributed by atoms with Crippen LogP contribution in [0.3, 0.4) is 0 Å². The predicted octanol–water partition coefficient (Wildman–Crippen LogP) is 4.71. The van der Waals surface area contributed by atoms with Gasteiger partial charge < -0.3 is 26.3 Å². The molecule has 0 unspecified atom stereocenters. The summed E-state index contributed by atoms with van der Waals surface area (Å²) >= 11 is 1.21. The molecule has 0 saturated heterocycles. The van der Waals surface area contributed by atoms with Crippen LogP contribution in [0.4, 0.5) is 14.6 Å². The highest BCUT2D eigenvalue weighted by Gasteiger charge is 2.28. The van der Waals surface area contributed by atoms with Gasteiger partial charge in [-0.2, -0.15) is 0 Å². The number of urea groups is 1. The Morgan fingerprint density at radius 3 is 2.32 bits per heavy atom. The Morgan fingerprint density at radius 2 is 1.74 bits per heavy atom. The lowest BCUT2D eigenvalue weighted by Crippen LogP contribution is -2.45. The maximum absolute atomic E-state index is 12.8. The maximum Gasteiger partial charge on any atom is 0.408 e. The first-order valence-electron chi connectivity index (χ1n) is 12.7. The number of benzene rings is 1. The number of nitrogens with two attached hydrogens (primary N) is 2. The smallest absolute Gasteiger partial charge is 0.408 e. The molecule has 0 radical (unpaired) electrons. The van der Waals surface area contributed by atoms with Gasteiger partial charge in [-0.3, -0.25) is 10.1 Å². The first kappa shape index (κ1) is 29.0. The van der Waals surface area contributed by atoms with Crippen LogP contribution in [0.5, 0.6) is 0 Å². The molecule has 3 rings (SSSR count). The Bertz CT molecular complexity index is 1150. The molecule has 1 fully saturated rings. The summed E-state index contributed by atoms with van der Waals surface area (Å²) in [5.41, 5.74) is 12.0. The number of nitrogens with one attached hydrogen (secondary N) is 2. The van der Waals surface area contributed by atoms with Crippen LogP contribution in [0.2, 0.25) is 0 Å². The minimum Gasteiger partial charge on any atom is -0.461 e. The Hall–Kier alpha value is -3.60. The number of esters is 1. The van der Waals surface area contributed by atoms with Gasteiger partial charge >= 0.3 is 18.1 Å². The molecule has 1 heterocycles. The molecule has 1 aliphatic rings. The van der Waals surface area contributed by atoms with Gasteiger partial charge in [-0.05, 0) is 82.9 Å². The van der Waals surface area contributed by atoms with E-state index in [1.54, 1.807) is 26.8 Å². The number of amides is 4. The van der Waals surface area contributed by atoms with E-state index in [2.05, 4.69) is 10.6 Å². The molecule has 0 aliphatic heterocycles.